The molecule has 0 radical (unpaired) electrons. The molecule has 0 amide bonds. The summed E-state index contributed by atoms with van der Waals surface area (Å²) < 4.78 is 38.6. The molecule has 0 aliphatic heterocycles. The number of halogens is 3. The lowest BCUT2D eigenvalue weighted by Gasteiger charge is -2.14. The Hall–Kier alpha value is -2.29. The smallest absolute Gasteiger partial charge is 0.368 e. The Balaban J connectivity index is 1.73. The maximum absolute atomic E-state index is 12.9. The molecule has 25 heavy (non-hydrogen) atoms. The molecule has 0 saturated carbocycles. The lowest BCUT2D eigenvalue weighted by atomic mass is 10.2. The van der Waals surface area contributed by atoms with Crippen LogP contribution in [-0.2, 0) is 12.6 Å². The van der Waals surface area contributed by atoms with Crippen molar-refractivity contribution in [2.24, 2.45) is 4.99 Å². The van der Waals surface area contributed by atoms with Crippen molar-refractivity contribution in [2.75, 3.05) is 32.0 Å². The van der Waals surface area contributed by atoms with E-state index in [1.165, 1.54) is 17.1 Å². The van der Waals surface area contributed by atoms with Gasteiger partial charge in [-0.3, -0.25) is 4.99 Å². The van der Waals surface area contributed by atoms with Crippen LogP contribution in [0.4, 0.5) is 19.0 Å². The molecule has 0 aliphatic carbocycles. The van der Waals surface area contributed by atoms with E-state index in [2.05, 4.69) is 32.0 Å². The first-order chi connectivity index (χ1) is 12.0. The minimum absolute atomic E-state index is 0.169. The van der Waals surface area contributed by atoms with Gasteiger partial charge in [0.2, 0.25) is 0 Å². The Morgan fingerprint density at radius 1 is 1.16 bits per heavy atom. The first-order valence-corrected chi connectivity index (χ1v) is 8.61. The highest BCUT2D eigenvalue weighted by atomic mass is 32.1. The molecule has 0 saturated heterocycles. The summed E-state index contributed by atoms with van der Waals surface area (Å²) in [6.07, 6.45) is -2.21. The number of aromatic nitrogens is 1. The fourth-order valence-electron chi connectivity index (χ4n) is 2.12. The zero-order chi connectivity index (χ0) is 18.1. The summed E-state index contributed by atoms with van der Waals surface area (Å²) >= 11 is 1.70. The molecule has 0 spiro atoms. The molecule has 2 rings (SSSR count). The molecule has 136 valence electrons. The van der Waals surface area contributed by atoms with E-state index in [-0.39, 0.29) is 12.4 Å². The predicted octanol–water partition coefficient (Wildman–Crippen LogP) is 2.98. The van der Waals surface area contributed by atoms with Crippen LogP contribution in [-0.4, -0.2) is 37.6 Å². The lowest BCUT2D eigenvalue weighted by molar-refractivity contribution is -0.137. The number of pyridine rings is 1. The van der Waals surface area contributed by atoms with Gasteiger partial charge in [0.05, 0.1) is 5.56 Å². The second-order valence-corrected chi connectivity index (χ2v) is 6.11. The largest absolute Gasteiger partial charge is 0.419 e. The van der Waals surface area contributed by atoms with Crippen molar-refractivity contribution in [3.05, 3.63) is 46.3 Å². The van der Waals surface area contributed by atoms with Crippen LogP contribution in [0, 0.1) is 0 Å². The molecule has 0 atom stereocenters. The third-order valence-corrected chi connectivity index (χ3v) is 4.23. The Bertz CT molecular complexity index is 671. The standard InChI is InChI=1S/C16H20F3N5S/c1-20-15(23-8-6-12-4-3-11-25-12)24-10-9-22-14-13(16(17,18)19)5-2-7-21-14/h2-5,7,11H,6,8-10H2,1H3,(H,21,22)(H2,20,23,24). The first-order valence-electron chi connectivity index (χ1n) is 7.73. The molecule has 9 heteroatoms. The number of alkyl halides is 3. The Labute approximate surface area is 148 Å². The van der Waals surface area contributed by atoms with E-state index in [9.17, 15) is 13.2 Å². The number of nitrogens with one attached hydrogen (secondary N) is 3. The zero-order valence-electron chi connectivity index (χ0n) is 13.7. The number of rotatable bonds is 7. The first kappa shape index (κ1) is 19.0. The molecule has 5 nitrogen and oxygen atoms in total. The molecule has 0 aromatic carbocycles. The lowest BCUT2D eigenvalue weighted by Crippen LogP contribution is -2.40. The highest BCUT2D eigenvalue weighted by Crippen LogP contribution is 2.33. The van der Waals surface area contributed by atoms with Crippen LogP contribution in [0.25, 0.3) is 0 Å². The van der Waals surface area contributed by atoms with Gasteiger partial charge in [-0.2, -0.15) is 13.2 Å². The quantitative estimate of drug-likeness (QED) is 0.398. The number of nitrogens with zero attached hydrogens (tertiary/aromatic N) is 2. The van der Waals surface area contributed by atoms with Crippen LogP contribution >= 0.6 is 11.3 Å². The fraction of sp³-hybridized carbons (Fsp3) is 0.375. The minimum Gasteiger partial charge on any atom is -0.368 e. The van der Waals surface area contributed by atoms with Gasteiger partial charge >= 0.3 is 6.18 Å². The molecular formula is C16H20F3N5S. The van der Waals surface area contributed by atoms with Gasteiger partial charge in [-0.05, 0) is 30.0 Å². The van der Waals surface area contributed by atoms with E-state index in [0.29, 0.717) is 12.5 Å². The highest BCUT2D eigenvalue weighted by Gasteiger charge is 2.33. The van der Waals surface area contributed by atoms with Crippen molar-refractivity contribution < 1.29 is 13.2 Å². The number of anilines is 1. The fourth-order valence-corrected chi connectivity index (χ4v) is 2.83. The van der Waals surface area contributed by atoms with Gasteiger partial charge in [0.15, 0.2) is 5.96 Å². The van der Waals surface area contributed by atoms with Gasteiger partial charge < -0.3 is 16.0 Å². The number of hydrogen-bond donors (Lipinski definition) is 3. The second-order valence-electron chi connectivity index (χ2n) is 5.08. The van der Waals surface area contributed by atoms with Gasteiger partial charge in [0.25, 0.3) is 0 Å². The van der Waals surface area contributed by atoms with Gasteiger partial charge in [0, 0.05) is 37.8 Å². The molecule has 0 fully saturated rings. The van der Waals surface area contributed by atoms with Crippen molar-refractivity contribution in [1.29, 1.82) is 0 Å². The highest BCUT2D eigenvalue weighted by molar-refractivity contribution is 7.09. The Kier molecular flexibility index (Phi) is 7.05. The third kappa shape index (κ3) is 6.26. The van der Waals surface area contributed by atoms with Crippen LogP contribution in [0.5, 0.6) is 0 Å². The van der Waals surface area contributed by atoms with Crippen LogP contribution in [0.2, 0.25) is 0 Å². The molecule has 3 N–H and O–H groups in total. The van der Waals surface area contributed by atoms with E-state index in [1.54, 1.807) is 18.4 Å². The number of guanidine groups is 1. The van der Waals surface area contributed by atoms with E-state index in [4.69, 9.17) is 0 Å². The maximum atomic E-state index is 12.9. The SMILES string of the molecule is CN=C(NCCNc1ncccc1C(F)(F)F)NCCc1cccs1. The van der Waals surface area contributed by atoms with Crippen LogP contribution in [0.1, 0.15) is 10.4 Å². The topological polar surface area (TPSA) is 61.3 Å². The van der Waals surface area contributed by atoms with Gasteiger partial charge in [-0.15, -0.1) is 11.3 Å². The van der Waals surface area contributed by atoms with Crippen molar-refractivity contribution >= 4 is 23.1 Å². The summed E-state index contributed by atoms with van der Waals surface area (Å²) in [5.74, 6) is 0.438. The number of hydrogen-bond acceptors (Lipinski definition) is 4. The van der Waals surface area contributed by atoms with Crippen LogP contribution < -0.4 is 16.0 Å². The summed E-state index contributed by atoms with van der Waals surface area (Å²) in [6, 6.07) is 6.35. The number of thiophene rings is 1. The van der Waals surface area contributed by atoms with E-state index >= 15 is 0 Å². The Morgan fingerprint density at radius 3 is 2.64 bits per heavy atom. The van der Waals surface area contributed by atoms with E-state index in [1.807, 2.05) is 11.4 Å². The average molecular weight is 371 g/mol. The monoisotopic (exact) mass is 371 g/mol. The van der Waals surface area contributed by atoms with Crippen molar-refractivity contribution in [3.63, 3.8) is 0 Å². The molecular weight excluding hydrogens is 351 g/mol. The van der Waals surface area contributed by atoms with Crippen LogP contribution in [0.3, 0.4) is 0 Å². The molecule has 0 bridgehead atoms. The van der Waals surface area contributed by atoms with E-state index in [0.717, 1.165) is 19.0 Å². The molecule has 0 aliphatic rings. The normalized spacial score (nSPS) is 12.1. The van der Waals surface area contributed by atoms with Crippen molar-refractivity contribution in [3.8, 4) is 0 Å². The number of aliphatic imine (C=N–C) groups is 1. The third-order valence-electron chi connectivity index (χ3n) is 3.29. The Morgan fingerprint density at radius 2 is 1.96 bits per heavy atom. The van der Waals surface area contributed by atoms with Crippen LogP contribution in [0.15, 0.2) is 40.8 Å². The van der Waals surface area contributed by atoms with Gasteiger partial charge in [0.1, 0.15) is 5.82 Å². The summed E-state index contributed by atoms with van der Waals surface area (Å²) in [5, 5.41) is 10.9. The summed E-state index contributed by atoms with van der Waals surface area (Å²) in [5.41, 5.74) is -0.770. The van der Waals surface area contributed by atoms with Crippen molar-refractivity contribution in [1.82, 2.24) is 15.6 Å². The average Bonchev–Trinajstić information content (AvgIpc) is 3.10. The molecule has 2 aromatic rings. The molecule has 2 aromatic heterocycles. The van der Waals surface area contributed by atoms with Gasteiger partial charge in [-0.25, -0.2) is 4.98 Å². The molecule has 2 heterocycles. The predicted molar refractivity (Wildman–Crippen MR) is 95.1 cm³/mol. The van der Waals surface area contributed by atoms with E-state index < -0.39 is 11.7 Å². The second kappa shape index (κ2) is 9.26. The summed E-state index contributed by atoms with van der Waals surface area (Å²) in [4.78, 5) is 9.12. The summed E-state index contributed by atoms with van der Waals surface area (Å²) in [7, 11) is 1.65. The van der Waals surface area contributed by atoms with Gasteiger partial charge in [-0.1, -0.05) is 6.07 Å². The maximum Gasteiger partial charge on any atom is 0.419 e. The molecule has 0 unspecified atom stereocenters. The minimum atomic E-state index is -4.43. The summed E-state index contributed by atoms with van der Waals surface area (Å²) in [6.45, 7) is 1.42. The van der Waals surface area contributed by atoms with Crippen molar-refractivity contribution in [2.45, 2.75) is 12.6 Å². The zero-order valence-corrected chi connectivity index (χ0v) is 14.5.